The monoisotopic (exact) mass is 338 g/mol. The minimum atomic E-state index is -0.0711. The minimum absolute atomic E-state index is 0.0711. The SMILES string of the molecule is COc1ccc(/C(C)=C/C(=O)NCCc2ccc(N(C)C)cc2)cc1. The molecule has 132 valence electrons. The standard InChI is InChI=1S/C21H26N2O2/c1-16(18-7-11-20(25-4)12-8-18)15-21(24)22-14-13-17-5-9-19(10-6-17)23(2)3/h5-12,15H,13-14H2,1-4H3,(H,22,24)/b16-15+. The number of allylic oxidation sites excluding steroid dienone is 1. The highest BCUT2D eigenvalue weighted by atomic mass is 16.5. The maximum atomic E-state index is 12.1. The zero-order valence-corrected chi connectivity index (χ0v) is 15.4. The number of benzene rings is 2. The van der Waals surface area contributed by atoms with Crippen LogP contribution >= 0.6 is 0 Å². The Morgan fingerprint density at radius 1 is 1.08 bits per heavy atom. The number of hydrogen-bond acceptors (Lipinski definition) is 3. The number of carbonyl (C=O) groups excluding carboxylic acids is 1. The molecule has 4 heteroatoms. The van der Waals surface area contributed by atoms with Gasteiger partial charge in [0.05, 0.1) is 7.11 Å². The molecule has 0 aliphatic carbocycles. The molecule has 0 unspecified atom stereocenters. The maximum absolute atomic E-state index is 12.1. The van der Waals surface area contributed by atoms with Crippen LogP contribution in [0.15, 0.2) is 54.6 Å². The molecule has 0 aromatic heterocycles. The molecular formula is C21H26N2O2. The van der Waals surface area contributed by atoms with Gasteiger partial charge >= 0.3 is 0 Å². The van der Waals surface area contributed by atoms with Crippen molar-refractivity contribution in [3.05, 3.63) is 65.7 Å². The summed E-state index contributed by atoms with van der Waals surface area (Å²) in [7, 11) is 5.68. The molecule has 25 heavy (non-hydrogen) atoms. The lowest BCUT2D eigenvalue weighted by Gasteiger charge is -2.12. The molecule has 2 rings (SSSR count). The second kappa shape index (κ2) is 8.92. The first-order valence-electron chi connectivity index (χ1n) is 8.36. The normalized spacial score (nSPS) is 11.1. The summed E-state index contributed by atoms with van der Waals surface area (Å²) in [4.78, 5) is 14.1. The van der Waals surface area contributed by atoms with Crippen LogP contribution in [-0.4, -0.2) is 33.7 Å². The number of rotatable bonds is 7. The summed E-state index contributed by atoms with van der Waals surface area (Å²) in [6.45, 7) is 2.55. The van der Waals surface area contributed by atoms with E-state index in [1.165, 1.54) is 11.3 Å². The van der Waals surface area contributed by atoms with Crippen molar-refractivity contribution in [1.29, 1.82) is 0 Å². The highest BCUT2D eigenvalue weighted by Crippen LogP contribution is 2.18. The lowest BCUT2D eigenvalue weighted by Crippen LogP contribution is -2.23. The van der Waals surface area contributed by atoms with E-state index in [0.717, 1.165) is 23.3 Å². The molecule has 2 aromatic rings. The van der Waals surface area contributed by atoms with E-state index in [1.54, 1.807) is 13.2 Å². The highest BCUT2D eigenvalue weighted by Gasteiger charge is 2.02. The Morgan fingerprint density at radius 2 is 1.72 bits per heavy atom. The van der Waals surface area contributed by atoms with Crippen LogP contribution in [-0.2, 0) is 11.2 Å². The van der Waals surface area contributed by atoms with E-state index in [9.17, 15) is 4.79 Å². The van der Waals surface area contributed by atoms with Gasteiger partial charge in [0, 0.05) is 32.4 Å². The fraction of sp³-hybridized carbons (Fsp3) is 0.286. The van der Waals surface area contributed by atoms with Gasteiger partial charge in [-0.3, -0.25) is 4.79 Å². The number of anilines is 1. The van der Waals surface area contributed by atoms with E-state index in [1.807, 2.05) is 45.3 Å². The van der Waals surface area contributed by atoms with Gasteiger partial charge in [0.2, 0.25) is 5.91 Å². The molecule has 0 radical (unpaired) electrons. The van der Waals surface area contributed by atoms with Crippen LogP contribution in [0.4, 0.5) is 5.69 Å². The summed E-state index contributed by atoms with van der Waals surface area (Å²) >= 11 is 0. The molecule has 4 nitrogen and oxygen atoms in total. The number of hydrogen-bond donors (Lipinski definition) is 1. The quantitative estimate of drug-likeness (QED) is 0.785. The van der Waals surface area contributed by atoms with E-state index in [-0.39, 0.29) is 5.91 Å². The van der Waals surface area contributed by atoms with Crippen LogP contribution in [0, 0.1) is 0 Å². The molecule has 0 aliphatic rings. The Morgan fingerprint density at radius 3 is 2.28 bits per heavy atom. The van der Waals surface area contributed by atoms with Gasteiger partial charge in [0.15, 0.2) is 0 Å². The van der Waals surface area contributed by atoms with Gasteiger partial charge in [-0.2, -0.15) is 0 Å². The summed E-state index contributed by atoms with van der Waals surface area (Å²) in [5.41, 5.74) is 4.32. The van der Waals surface area contributed by atoms with Crippen LogP contribution in [0.3, 0.4) is 0 Å². The minimum Gasteiger partial charge on any atom is -0.497 e. The molecule has 0 spiro atoms. The third-order valence-corrected chi connectivity index (χ3v) is 4.06. The van der Waals surface area contributed by atoms with E-state index in [2.05, 4.69) is 34.5 Å². The molecule has 1 amide bonds. The van der Waals surface area contributed by atoms with Crippen molar-refractivity contribution in [2.75, 3.05) is 32.6 Å². The van der Waals surface area contributed by atoms with Crippen molar-refractivity contribution in [3.63, 3.8) is 0 Å². The van der Waals surface area contributed by atoms with E-state index >= 15 is 0 Å². The van der Waals surface area contributed by atoms with Gasteiger partial charge in [0.25, 0.3) is 0 Å². The molecular weight excluding hydrogens is 312 g/mol. The van der Waals surface area contributed by atoms with Crippen molar-refractivity contribution < 1.29 is 9.53 Å². The Kier molecular flexibility index (Phi) is 6.63. The maximum Gasteiger partial charge on any atom is 0.244 e. The molecule has 0 atom stereocenters. The Bertz CT molecular complexity index is 717. The van der Waals surface area contributed by atoms with Gasteiger partial charge in [-0.15, -0.1) is 0 Å². The Balaban J connectivity index is 1.84. The predicted molar refractivity (Wildman–Crippen MR) is 104 cm³/mol. The Labute approximate surface area is 150 Å². The van der Waals surface area contributed by atoms with Crippen molar-refractivity contribution in [1.82, 2.24) is 5.32 Å². The van der Waals surface area contributed by atoms with Crippen LogP contribution < -0.4 is 15.0 Å². The van der Waals surface area contributed by atoms with Crippen LogP contribution in [0.1, 0.15) is 18.1 Å². The smallest absolute Gasteiger partial charge is 0.244 e. The first kappa shape index (κ1) is 18.6. The number of amides is 1. The third kappa shape index (κ3) is 5.68. The van der Waals surface area contributed by atoms with Crippen LogP contribution in [0.5, 0.6) is 5.75 Å². The van der Waals surface area contributed by atoms with E-state index in [4.69, 9.17) is 4.74 Å². The Hall–Kier alpha value is -2.75. The van der Waals surface area contributed by atoms with Crippen molar-refractivity contribution >= 4 is 17.2 Å². The molecule has 0 saturated carbocycles. The average molecular weight is 338 g/mol. The second-order valence-corrected chi connectivity index (χ2v) is 6.16. The van der Waals surface area contributed by atoms with Gasteiger partial charge in [-0.25, -0.2) is 0 Å². The zero-order valence-electron chi connectivity index (χ0n) is 15.4. The molecule has 0 heterocycles. The summed E-state index contributed by atoms with van der Waals surface area (Å²) < 4.78 is 5.14. The van der Waals surface area contributed by atoms with Crippen LogP contribution in [0.2, 0.25) is 0 Å². The first-order chi connectivity index (χ1) is 12.0. The van der Waals surface area contributed by atoms with E-state index in [0.29, 0.717) is 6.54 Å². The average Bonchev–Trinajstić information content (AvgIpc) is 2.62. The number of ether oxygens (including phenoxy) is 1. The van der Waals surface area contributed by atoms with E-state index < -0.39 is 0 Å². The lowest BCUT2D eigenvalue weighted by atomic mass is 10.1. The summed E-state index contributed by atoms with van der Waals surface area (Å²) in [6, 6.07) is 16.0. The fourth-order valence-corrected chi connectivity index (χ4v) is 2.48. The number of carbonyl (C=O) groups is 1. The predicted octanol–water partition coefficient (Wildman–Crippen LogP) is 3.52. The van der Waals surface area contributed by atoms with Crippen molar-refractivity contribution in [2.45, 2.75) is 13.3 Å². The number of nitrogens with zero attached hydrogens (tertiary/aromatic N) is 1. The first-order valence-corrected chi connectivity index (χ1v) is 8.36. The third-order valence-electron chi connectivity index (χ3n) is 4.06. The lowest BCUT2D eigenvalue weighted by molar-refractivity contribution is -0.116. The van der Waals surface area contributed by atoms with Gasteiger partial charge in [-0.1, -0.05) is 24.3 Å². The largest absolute Gasteiger partial charge is 0.497 e. The number of methoxy groups -OCH3 is 1. The fourth-order valence-electron chi connectivity index (χ4n) is 2.48. The molecule has 0 bridgehead atoms. The molecule has 0 fully saturated rings. The number of nitrogens with one attached hydrogen (secondary N) is 1. The summed E-state index contributed by atoms with van der Waals surface area (Å²) in [5.74, 6) is 0.736. The van der Waals surface area contributed by atoms with Gasteiger partial charge in [-0.05, 0) is 54.3 Å². The summed E-state index contributed by atoms with van der Waals surface area (Å²) in [5, 5.41) is 2.94. The van der Waals surface area contributed by atoms with Crippen molar-refractivity contribution in [3.8, 4) is 5.75 Å². The molecule has 0 saturated heterocycles. The van der Waals surface area contributed by atoms with Gasteiger partial charge < -0.3 is 15.0 Å². The molecule has 1 N–H and O–H groups in total. The van der Waals surface area contributed by atoms with Crippen LogP contribution in [0.25, 0.3) is 5.57 Å². The zero-order chi connectivity index (χ0) is 18.2. The molecule has 0 aliphatic heterocycles. The topological polar surface area (TPSA) is 41.6 Å². The second-order valence-electron chi connectivity index (χ2n) is 6.16. The van der Waals surface area contributed by atoms with Gasteiger partial charge in [0.1, 0.15) is 5.75 Å². The highest BCUT2D eigenvalue weighted by molar-refractivity contribution is 5.94. The summed E-state index contributed by atoms with van der Waals surface area (Å²) in [6.07, 6.45) is 2.45. The molecule has 2 aromatic carbocycles. The van der Waals surface area contributed by atoms with Crippen molar-refractivity contribution in [2.24, 2.45) is 0 Å².